The van der Waals surface area contributed by atoms with Gasteiger partial charge in [0, 0.05) is 13.2 Å². The van der Waals surface area contributed by atoms with Crippen molar-refractivity contribution < 1.29 is 14.2 Å². The van der Waals surface area contributed by atoms with Crippen molar-refractivity contribution in [3.8, 4) is 0 Å². The van der Waals surface area contributed by atoms with Crippen LogP contribution >= 0.6 is 0 Å². The molecule has 0 aliphatic rings. The van der Waals surface area contributed by atoms with E-state index in [2.05, 4.69) is 13.8 Å². The molecule has 3 heteroatoms. The van der Waals surface area contributed by atoms with Crippen LogP contribution in [0.3, 0.4) is 0 Å². The fraction of sp³-hybridized carbons (Fsp3) is 1.00. The van der Waals surface area contributed by atoms with Crippen molar-refractivity contribution >= 4 is 0 Å². The molecule has 0 heterocycles. The first kappa shape index (κ1) is 17.9. The van der Waals surface area contributed by atoms with Crippen LogP contribution in [0.2, 0.25) is 0 Å². The lowest BCUT2D eigenvalue weighted by atomic mass is 10.2. The van der Waals surface area contributed by atoms with Gasteiger partial charge in [-0.05, 0) is 12.8 Å². The number of ether oxygens (including phenoxy) is 3. The van der Waals surface area contributed by atoms with Crippen molar-refractivity contribution in [3.63, 3.8) is 0 Å². The number of unbranched alkanes of at least 4 members (excludes halogenated alkanes) is 5. The standard InChI is InChI=1S/C15H32O3/c1-3-5-7-9-11-17-13-15-18-14-12-16-10-8-6-4-2/h3-15H2,1-2H3. The van der Waals surface area contributed by atoms with E-state index >= 15 is 0 Å². The minimum atomic E-state index is 0.686. The molecule has 110 valence electrons. The van der Waals surface area contributed by atoms with E-state index < -0.39 is 0 Å². The molecule has 0 aromatic rings. The van der Waals surface area contributed by atoms with Crippen molar-refractivity contribution in [2.24, 2.45) is 0 Å². The molecule has 0 N–H and O–H groups in total. The second kappa shape index (κ2) is 16.9. The highest BCUT2D eigenvalue weighted by atomic mass is 16.5. The Morgan fingerprint density at radius 3 is 1.33 bits per heavy atom. The average Bonchev–Trinajstić information content (AvgIpc) is 2.39. The van der Waals surface area contributed by atoms with Crippen molar-refractivity contribution in [2.45, 2.75) is 58.8 Å². The van der Waals surface area contributed by atoms with E-state index in [4.69, 9.17) is 14.2 Å². The zero-order valence-corrected chi connectivity index (χ0v) is 12.4. The summed E-state index contributed by atoms with van der Waals surface area (Å²) in [5.74, 6) is 0. The van der Waals surface area contributed by atoms with Crippen LogP contribution in [0.4, 0.5) is 0 Å². The predicted octanol–water partition coefficient (Wildman–Crippen LogP) is 3.81. The van der Waals surface area contributed by atoms with Crippen LogP contribution in [0.15, 0.2) is 0 Å². The van der Waals surface area contributed by atoms with Crippen LogP contribution in [0.25, 0.3) is 0 Å². The smallest absolute Gasteiger partial charge is 0.0701 e. The molecular formula is C15H32O3. The fourth-order valence-corrected chi connectivity index (χ4v) is 1.63. The van der Waals surface area contributed by atoms with Crippen molar-refractivity contribution in [2.75, 3.05) is 39.6 Å². The topological polar surface area (TPSA) is 27.7 Å². The lowest BCUT2D eigenvalue weighted by molar-refractivity contribution is 0.0133. The summed E-state index contributed by atoms with van der Waals surface area (Å²) in [6.07, 6.45) is 8.72. The molecule has 0 saturated carbocycles. The monoisotopic (exact) mass is 260 g/mol. The van der Waals surface area contributed by atoms with Gasteiger partial charge >= 0.3 is 0 Å². The summed E-state index contributed by atoms with van der Waals surface area (Å²) in [5.41, 5.74) is 0. The summed E-state index contributed by atoms with van der Waals surface area (Å²) in [6.45, 7) is 8.95. The lowest BCUT2D eigenvalue weighted by Gasteiger charge is -2.06. The predicted molar refractivity (Wildman–Crippen MR) is 76.1 cm³/mol. The first-order chi connectivity index (χ1) is 8.91. The Morgan fingerprint density at radius 2 is 0.833 bits per heavy atom. The zero-order valence-electron chi connectivity index (χ0n) is 12.4. The number of hydrogen-bond acceptors (Lipinski definition) is 3. The second-order valence-corrected chi connectivity index (χ2v) is 4.60. The average molecular weight is 260 g/mol. The minimum Gasteiger partial charge on any atom is -0.379 e. The lowest BCUT2D eigenvalue weighted by Crippen LogP contribution is -2.10. The molecule has 0 aliphatic carbocycles. The van der Waals surface area contributed by atoms with E-state index in [1.54, 1.807) is 0 Å². The molecule has 0 atom stereocenters. The van der Waals surface area contributed by atoms with Gasteiger partial charge in [-0.25, -0.2) is 0 Å². The van der Waals surface area contributed by atoms with E-state index in [1.807, 2.05) is 0 Å². The van der Waals surface area contributed by atoms with Crippen molar-refractivity contribution in [3.05, 3.63) is 0 Å². The molecule has 18 heavy (non-hydrogen) atoms. The van der Waals surface area contributed by atoms with E-state index in [-0.39, 0.29) is 0 Å². The largest absolute Gasteiger partial charge is 0.379 e. The van der Waals surface area contributed by atoms with Crippen LogP contribution < -0.4 is 0 Å². The summed E-state index contributed by atoms with van der Waals surface area (Å²) >= 11 is 0. The Balaban J connectivity index is 2.86. The molecule has 0 fully saturated rings. The Bertz CT molecular complexity index is 124. The summed E-state index contributed by atoms with van der Waals surface area (Å²) in [5, 5.41) is 0. The van der Waals surface area contributed by atoms with Crippen LogP contribution in [-0.2, 0) is 14.2 Å². The first-order valence-electron chi connectivity index (χ1n) is 7.65. The Kier molecular flexibility index (Phi) is 16.8. The number of hydrogen-bond donors (Lipinski definition) is 0. The quantitative estimate of drug-likeness (QED) is 0.419. The fourth-order valence-electron chi connectivity index (χ4n) is 1.63. The highest BCUT2D eigenvalue weighted by molar-refractivity contribution is 4.40. The van der Waals surface area contributed by atoms with Gasteiger partial charge in [0.2, 0.25) is 0 Å². The minimum absolute atomic E-state index is 0.686. The zero-order chi connectivity index (χ0) is 13.3. The van der Waals surface area contributed by atoms with Gasteiger partial charge in [0.25, 0.3) is 0 Å². The van der Waals surface area contributed by atoms with Gasteiger partial charge in [-0.2, -0.15) is 0 Å². The van der Waals surface area contributed by atoms with Gasteiger partial charge in [0.05, 0.1) is 26.4 Å². The van der Waals surface area contributed by atoms with Gasteiger partial charge in [-0.1, -0.05) is 46.0 Å². The third kappa shape index (κ3) is 15.9. The normalized spacial score (nSPS) is 11.0. The molecule has 3 nitrogen and oxygen atoms in total. The summed E-state index contributed by atoms with van der Waals surface area (Å²) < 4.78 is 16.3. The van der Waals surface area contributed by atoms with Gasteiger partial charge in [-0.15, -0.1) is 0 Å². The molecular weight excluding hydrogens is 228 g/mol. The summed E-state index contributed by atoms with van der Waals surface area (Å²) in [7, 11) is 0. The van der Waals surface area contributed by atoms with Crippen LogP contribution in [0.1, 0.15) is 58.8 Å². The first-order valence-corrected chi connectivity index (χ1v) is 7.65. The maximum atomic E-state index is 5.47. The highest BCUT2D eigenvalue weighted by Crippen LogP contribution is 1.98. The van der Waals surface area contributed by atoms with E-state index in [9.17, 15) is 0 Å². The van der Waals surface area contributed by atoms with Crippen LogP contribution in [0.5, 0.6) is 0 Å². The van der Waals surface area contributed by atoms with Gasteiger partial charge in [0.1, 0.15) is 0 Å². The van der Waals surface area contributed by atoms with Crippen molar-refractivity contribution in [1.82, 2.24) is 0 Å². The number of rotatable bonds is 15. The molecule has 0 radical (unpaired) electrons. The molecule has 0 spiro atoms. The SMILES string of the molecule is CCCCCCOCCOCCOCCCCC. The maximum Gasteiger partial charge on any atom is 0.0701 e. The van der Waals surface area contributed by atoms with Gasteiger partial charge in [-0.3, -0.25) is 0 Å². The summed E-state index contributed by atoms with van der Waals surface area (Å²) in [6, 6.07) is 0. The van der Waals surface area contributed by atoms with E-state index in [0.717, 1.165) is 19.6 Å². The van der Waals surface area contributed by atoms with E-state index in [0.29, 0.717) is 26.4 Å². The molecule has 0 saturated heterocycles. The molecule has 0 bridgehead atoms. The highest BCUT2D eigenvalue weighted by Gasteiger charge is 1.92. The van der Waals surface area contributed by atoms with Gasteiger partial charge < -0.3 is 14.2 Å². The Hall–Kier alpha value is -0.120. The third-order valence-electron chi connectivity index (χ3n) is 2.78. The third-order valence-corrected chi connectivity index (χ3v) is 2.78. The second-order valence-electron chi connectivity index (χ2n) is 4.60. The van der Waals surface area contributed by atoms with Crippen LogP contribution in [0, 0.1) is 0 Å². The molecule has 0 rings (SSSR count). The molecule has 0 amide bonds. The van der Waals surface area contributed by atoms with E-state index in [1.165, 1.54) is 38.5 Å². The van der Waals surface area contributed by atoms with Gasteiger partial charge in [0.15, 0.2) is 0 Å². The Morgan fingerprint density at radius 1 is 0.444 bits per heavy atom. The molecule has 0 aromatic carbocycles. The molecule has 0 aromatic heterocycles. The Labute approximate surface area is 113 Å². The maximum absolute atomic E-state index is 5.47. The summed E-state index contributed by atoms with van der Waals surface area (Å²) in [4.78, 5) is 0. The van der Waals surface area contributed by atoms with Crippen LogP contribution in [-0.4, -0.2) is 39.6 Å². The van der Waals surface area contributed by atoms with Crippen molar-refractivity contribution in [1.29, 1.82) is 0 Å². The molecule has 0 unspecified atom stereocenters. The molecule has 0 aliphatic heterocycles.